The molecule has 6 nitrogen and oxygen atoms in total. The van der Waals surface area contributed by atoms with E-state index in [0.717, 1.165) is 0 Å². The van der Waals surface area contributed by atoms with Gasteiger partial charge in [-0.15, -0.1) is 11.3 Å². The van der Waals surface area contributed by atoms with Crippen molar-refractivity contribution in [1.29, 1.82) is 0 Å². The van der Waals surface area contributed by atoms with Crippen molar-refractivity contribution in [2.24, 2.45) is 5.92 Å². The maximum atomic E-state index is 14.4. The monoisotopic (exact) mass is 480 g/mol. The van der Waals surface area contributed by atoms with Crippen LogP contribution in [0, 0.1) is 17.6 Å². The minimum absolute atomic E-state index is 0.0818. The van der Waals surface area contributed by atoms with Gasteiger partial charge in [-0.2, -0.15) is 0 Å². The number of benzene rings is 1. The van der Waals surface area contributed by atoms with Crippen molar-refractivity contribution in [1.82, 2.24) is 14.9 Å². The lowest BCUT2D eigenvalue weighted by Crippen LogP contribution is -2.54. The molecule has 3 heterocycles. The molecular formula is C22H23ClF2N4O2S. The molecule has 1 aliphatic heterocycles. The first-order chi connectivity index (χ1) is 15.3. The average Bonchev–Trinajstić information content (AvgIpc) is 3.25. The Hall–Kier alpha value is -2.17. The van der Waals surface area contributed by atoms with Crippen LogP contribution in [0.2, 0.25) is 5.02 Å². The van der Waals surface area contributed by atoms with Gasteiger partial charge in [-0.25, -0.2) is 23.6 Å². The van der Waals surface area contributed by atoms with Gasteiger partial charge in [0.15, 0.2) is 10.9 Å². The van der Waals surface area contributed by atoms with E-state index in [1.54, 1.807) is 12.3 Å². The molecule has 1 fully saturated rings. The molecule has 0 bridgehead atoms. The third kappa shape index (κ3) is 4.77. The SMILES string of the molecule is CC1CC(Cc2nc(Nc3nccs3)ccc2F)CCN1C(O)(O)c1cccc(Cl)c1F. The van der Waals surface area contributed by atoms with E-state index in [4.69, 9.17) is 11.6 Å². The number of piperidine rings is 1. The molecule has 0 amide bonds. The van der Waals surface area contributed by atoms with E-state index in [-0.39, 0.29) is 28.4 Å². The van der Waals surface area contributed by atoms with Crippen molar-refractivity contribution in [2.45, 2.75) is 38.1 Å². The minimum atomic E-state index is -2.50. The lowest BCUT2D eigenvalue weighted by atomic mass is 9.87. The summed E-state index contributed by atoms with van der Waals surface area (Å²) in [6, 6.07) is 6.79. The van der Waals surface area contributed by atoms with E-state index >= 15 is 0 Å². The number of anilines is 2. The van der Waals surface area contributed by atoms with E-state index in [1.165, 1.54) is 40.5 Å². The second-order valence-corrected chi connectivity index (χ2v) is 9.26. The van der Waals surface area contributed by atoms with E-state index in [0.29, 0.717) is 42.5 Å². The van der Waals surface area contributed by atoms with Crippen molar-refractivity contribution in [3.63, 3.8) is 0 Å². The number of hydrogen-bond donors (Lipinski definition) is 3. The molecule has 10 heteroatoms. The molecule has 1 aromatic carbocycles. The Bertz CT molecular complexity index is 1080. The second kappa shape index (κ2) is 9.36. The molecule has 1 aliphatic rings. The number of nitrogens with zero attached hydrogens (tertiary/aromatic N) is 3. The number of hydrogen-bond acceptors (Lipinski definition) is 7. The topological polar surface area (TPSA) is 81.5 Å². The highest BCUT2D eigenvalue weighted by molar-refractivity contribution is 7.13. The van der Waals surface area contributed by atoms with E-state index < -0.39 is 11.7 Å². The Balaban J connectivity index is 1.45. The summed E-state index contributed by atoms with van der Waals surface area (Å²) >= 11 is 7.24. The molecule has 32 heavy (non-hydrogen) atoms. The van der Waals surface area contributed by atoms with Crippen LogP contribution in [0.1, 0.15) is 31.0 Å². The van der Waals surface area contributed by atoms with Crippen LogP contribution in [0.5, 0.6) is 0 Å². The normalized spacial score (nSPS) is 19.8. The Labute approximate surface area is 193 Å². The summed E-state index contributed by atoms with van der Waals surface area (Å²) in [4.78, 5) is 9.98. The summed E-state index contributed by atoms with van der Waals surface area (Å²) in [5, 5.41) is 26.9. The van der Waals surface area contributed by atoms with Gasteiger partial charge >= 0.3 is 0 Å². The van der Waals surface area contributed by atoms with Gasteiger partial charge in [0.2, 0.25) is 0 Å². The average molecular weight is 481 g/mol. The molecule has 3 N–H and O–H groups in total. The fourth-order valence-corrected chi connectivity index (χ4v) is 4.91. The quantitative estimate of drug-likeness (QED) is 0.445. The fraction of sp³-hybridized carbons (Fsp3) is 0.364. The number of nitrogens with one attached hydrogen (secondary N) is 1. The molecule has 3 aromatic rings. The first-order valence-electron chi connectivity index (χ1n) is 10.2. The maximum absolute atomic E-state index is 14.4. The van der Waals surface area contributed by atoms with Crippen molar-refractivity contribution in [3.05, 3.63) is 69.8 Å². The largest absolute Gasteiger partial charge is 0.349 e. The van der Waals surface area contributed by atoms with Gasteiger partial charge in [-0.05, 0) is 56.4 Å². The van der Waals surface area contributed by atoms with E-state index in [9.17, 15) is 19.0 Å². The minimum Gasteiger partial charge on any atom is -0.349 e. The van der Waals surface area contributed by atoms with Gasteiger partial charge < -0.3 is 15.5 Å². The zero-order chi connectivity index (χ0) is 22.9. The van der Waals surface area contributed by atoms with Crippen molar-refractivity contribution < 1.29 is 19.0 Å². The summed E-state index contributed by atoms with van der Waals surface area (Å²) < 4.78 is 28.8. The van der Waals surface area contributed by atoms with Gasteiger partial charge in [0.05, 0.1) is 16.3 Å². The Morgan fingerprint density at radius 1 is 1.28 bits per heavy atom. The van der Waals surface area contributed by atoms with Crippen molar-refractivity contribution >= 4 is 33.9 Å². The predicted octanol–water partition coefficient (Wildman–Crippen LogP) is 4.65. The standard InChI is InChI=1S/C22H23ClF2N4O2S/c1-13-11-14(7-9-29(13)22(30,31)15-3-2-4-16(23)20(15)25)12-18-17(24)5-6-19(27-18)28-21-26-8-10-32-21/h2-6,8,10,13-14,30-31H,7,9,11-12H2,1H3,(H,26,27,28). The first kappa shape index (κ1) is 23.0. The lowest BCUT2D eigenvalue weighted by Gasteiger charge is -2.44. The van der Waals surface area contributed by atoms with Crippen molar-refractivity contribution in [2.75, 3.05) is 11.9 Å². The van der Waals surface area contributed by atoms with Crippen LogP contribution in [0.4, 0.5) is 19.7 Å². The summed E-state index contributed by atoms with van der Waals surface area (Å²) in [5.41, 5.74) is 0.0568. The molecule has 2 unspecified atom stereocenters. The van der Waals surface area contributed by atoms with Crippen LogP contribution in [0.3, 0.4) is 0 Å². The van der Waals surface area contributed by atoms with Crippen LogP contribution in [-0.4, -0.2) is 37.7 Å². The van der Waals surface area contributed by atoms with E-state index in [2.05, 4.69) is 15.3 Å². The Morgan fingerprint density at radius 3 is 2.81 bits per heavy atom. The zero-order valence-corrected chi connectivity index (χ0v) is 18.9. The molecule has 170 valence electrons. The molecule has 1 saturated heterocycles. The number of halogens is 3. The first-order valence-corrected chi connectivity index (χ1v) is 11.5. The summed E-state index contributed by atoms with van der Waals surface area (Å²) in [5.74, 6) is -3.14. The molecular weight excluding hydrogens is 458 g/mol. The third-order valence-electron chi connectivity index (χ3n) is 5.77. The maximum Gasteiger partial charge on any atom is 0.256 e. The molecule has 2 atom stereocenters. The molecule has 0 aliphatic carbocycles. The summed E-state index contributed by atoms with van der Waals surface area (Å²) in [7, 11) is 0. The number of likely N-dealkylation sites (tertiary alicyclic amines) is 1. The highest BCUT2D eigenvalue weighted by atomic mass is 35.5. The van der Waals surface area contributed by atoms with Crippen LogP contribution < -0.4 is 5.32 Å². The van der Waals surface area contributed by atoms with Gasteiger partial charge in [0.25, 0.3) is 5.91 Å². The summed E-state index contributed by atoms with van der Waals surface area (Å²) in [6.45, 7) is 2.13. The highest BCUT2D eigenvalue weighted by Gasteiger charge is 2.42. The van der Waals surface area contributed by atoms with Crippen LogP contribution in [0.25, 0.3) is 0 Å². The van der Waals surface area contributed by atoms with Crippen LogP contribution in [-0.2, 0) is 12.3 Å². The smallest absolute Gasteiger partial charge is 0.256 e. The zero-order valence-electron chi connectivity index (χ0n) is 17.3. The van der Waals surface area contributed by atoms with Crippen LogP contribution in [0.15, 0.2) is 41.9 Å². The number of aliphatic hydroxyl groups is 2. The Morgan fingerprint density at radius 2 is 2.09 bits per heavy atom. The molecule has 4 rings (SSSR count). The predicted molar refractivity (Wildman–Crippen MR) is 120 cm³/mol. The molecule has 0 radical (unpaired) electrons. The van der Waals surface area contributed by atoms with Gasteiger partial charge in [0.1, 0.15) is 11.6 Å². The number of aromatic nitrogens is 2. The van der Waals surface area contributed by atoms with Crippen molar-refractivity contribution in [3.8, 4) is 0 Å². The molecule has 0 saturated carbocycles. The highest BCUT2D eigenvalue weighted by Crippen LogP contribution is 2.36. The third-order valence-corrected chi connectivity index (χ3v) is 6.75. The van der Waals surface area contributed by atoms with E-state index in [1.807, 2.05) is 12.3 Å². The molecule has 0 spiro atoms. The van der Waals surface area contributed by atoms with Crippen LogP contribution >= 0.6 is 22.9 Å². The number of rotatable bonds is 6. The summed E-state index contributed by atoms with van der Waals surface area (Å²) in [6.07, 6.45) is 3.22. The number of thiazole rings is 1. The van der Waals surface area contributed by atoms with Gasteiger partial charge in [-0.3, -0.25) is 0 Å². The van der Waals surface area contributed by atoms with Gasteiger partial charge in [0, 0.05) is 24.2 Å². The fourth-order valence-electron chi connectivity index (χ4n) is 4.20. The van der Waals surface area contributed by atoms with Gasteiger partial charge in [-0.1, -0.05) is 17.7 Å². The number of pyridine rings is 1. The lowest BCUT2D eigenvalue weighted by molar-refractivity contribution is -0.293. The Kier molecular flexibility index (Phi) is 6.73. The second-order valence-electron chi connectivity index (χ2n) is 7.96. The molecule has 2 aromatic heterocycles.